The van der Waals surface area contributed by atoms with E-state index >= 15 is 0 Å². The van der Waals surface area contributed by atoms with E-state index in [0.717, 1.165) is 32.2 Å². The molecule has 0 aromatic rings. The molecule has 100 valence electrons. The van der Waals surface area contributed by atoms with E-state index in [0.29, 0.717) is 12.1 Å². The molecule has 2 aliphatic rings. The standard InChI is InChI=1S/C14H28N2O/c1-12-11-16(8-9-17-12)14(10-15)13-6-4-2-3-5-7-13/h12-14H,2-11,15H2,1H3. The Morgan fingerprint density at radius 1 is 1.24 bits per heavy atom. The molecule has 2 N–H and O–H groups in total. The number of rotatable bonds is 3. The molecular weight excluding hydrogens is 212 g/mol. The van der Waals surface area contributed by atoms with Crippen molar-refractivity contribution < 1.29 is 4.74 Å². The molecule has 0 radical (unpaired) electrons. The lowest BCUT2D eigenvalue weighted by Gasteiger charge is -2.40. The maximum atomic E-state index is 6.05. The SMILES string of the molecule is CC1CN(C(CN)C2CCCCCC2)CCO1. The summed E-state index contributed by atoms with van der Waals surface area (Å²) < 4.78 is 5.63. The van der Waals surface area contributed by atoms with Crippen molar-refractivity contribution in [1.82, 2.24) is 4.90 Å². The van der Waals surface area contributed by atoms with E-state index in [4.69, 9.17) is 10.5 Å². The maximum absolute atomic E-state index is 6.05. The molecule has 3 nitrogen and oxygen atoms in total. The molecule has 1 saturated heterocycles. The molecule has 1 aliphatic carbocycles. The van der Waals surface area contributed by atoms with Crippen molar-refractivity contribution in [2.24, 2.45) is 11.7 Å². The molecule has 3 heteroatoms. The van der Waals surface area contributed by atoms with Crippen LogP contribution in [0.15, 0.2) is 0 Å². The van der Waals surface area contributed by atoms with Crippen LogP contribution >= 0.6 is 0 Å². The number of morpholine rings is 1. The minimum absolute atomic E-state index is 0.378. The summed E-state index contributed by atoms with van der Waals surface area (Å²) in [5.41, 5.74) is 6.05. The predicted molar refractivity (Wildman–Crippen MR) is 71.0 cm³/mol. The highest BCUT2D eigenvalue weighted by Gasteiger charge is 2.29. The lowest BCUT2D eigenvalue weighted by atomic mass is 9.90. The summed E-state index contributed by atoms with van der Waals surface area (Å²) in [6.07, 6.45) is 8.80. The van der Waals surface area contributed by atoms with E-state index in [9.17, 15) is 0 Å². The summed E-state index contributed by atoms with van der Waals surface area (Å²) in [6.45, 7) is 6.01. The van der Waals surface area contributed by atoms with Crippen molar-refractivity contribution in [3.05, 3.63) is 0 Å². The number of nitrogens with zero attached hydrogens (tertiary/aromatic N) is 1. The van der Waals surface area contributed by atoms with Gasteiger partial charge in [-0.3, -0.25) is 4.90 Å². The van der Waals surface area contributed by atoms with Crippen molar-refractivity contribution in [3.8, 4) is 0 Å². The van der Waals surface area contributed by atoms with Crippen molar-refractivity contribution in [2.75, 3.05) is 26.2 Å². The maximum Gasteiger partial charge on any atom is 0.0674 e. The van der Waals surface area contributed by atoms with E-state index in [1.807, 2.05) is 0 Å². The molecule has 0 spiro atoms. The zero-order valence-electron chi connectivity index (χ0n) is 11.2. The number of ether oxygens (including phenoxy) is 1. The third kappa shape index (κ3) is 3.67. The first-order chi connectivity index (χ1) is 8.31. The fourth-order valence-electron chi connectivity index (χ4n) is 3.48. The fraction of sp³-hybridized carbons (Fsp3) is 1.00. The van der Waals surface area contributed by atoms with Crippen LogP contribution in [-0.2, 0) is 4.74 Å². The second kappa shape index (κ2) is 6.72. The van der Waals surface area contributed by atoms with E-state index in [-0.39, 0.29) is 0 Å². The second-order valence-corrected chi connectivity index (χ2v) is 5.73. The number of hydrogen-bond donors (Lipinski definition) is 1. The average molecular weight is 240 g/mol. The smallest absolute Gasteiger partial charge is 0.0674 e. The lowest BCUT2D eigenvalue weighted by molar-refractivity contribution is -0.0429. The van der Waals surface area contributed by atoms with Crippen LogP contribution in [0.5, 0.6) is 0 Å². The normalized spacial score (nSPS) is 31.1. The summed E-state index contributed by atoms with van der Waals surface area (Å²) >= 11 is 0. The van der Waals surface area contributed by atoms with Gasteiger partial charge in [0.15, 0.2) is 0 Å². The molecule has 0 amide bonds. The Morgan fingerprint density at radius 2 is 1.94 bits per heavy atom. The first-order valence-electron chi connectivity index (χ1n) is 7.37. The molecule has 2 fully saturated rings. The van der Waals surface area contributed by atoms with E-state index in [1.165, 1.54) is 38.5 Å². The first kappa shape index (κ1) is 13.3. The van der Waals surface area contributed by atoms with Crippen molar-refractivity contribution >= 4 is 0 Å². The van der Waals surface area contributed by atoms with Gasteiger partial charge in [-0.05, 0) is 25.7 Å². The molecule has 0 aromatic carbocycles. The van der Waals surface area contributed by atoms with Crippen LogP contribution in [0.25, 0.3) is 0 Å². The second-order valence-electron chi connectivity index (χ2n) is 5.73. The summed E-state index contributed by atoms with van der Waals surface area (Å²) in [5, 5.41) is 0. The molecular formula is C14H28N2O. The van der Waals surface area contributed by atoms with Gasteiger partial charge in [0.25, 0.3) is 0 Å². The number of nitrogens with two attached hydrogens (primary N) is 1. The van der Waals surface area contributed by atoms with E-state index in [2.05, 4.69) is 11.8 Å². The Bertz CT molecular complexity index is 212. The van der Waals surface area contributed by atoms with Crippen LogP contribution in [0.1, 0.15) is 45.4 Å². The van der Waals surface area contributed by atoms with Crippen molar-refractivity contribution in [1.29, 1.82) is 0 Å². The Kier molecular flexibility index (Phi) is 5.26. The van der Waals surface area contributed by atoms with Gasteiger partial charge in [0.1, 0.15) is 0 Å². The molecule has 1 heterocycles. The molecule has 2 atom stereocenters. The van der Waals surface area contributed by atoms with Gasteiger partial charge in [0.2, 0.25) is 0 Å². The monoisotopic (exact) mass is 240 g/mol. The zero-order chi connectivity index (χ0) is 12.1. The predicted octanol–water partition coefficient (Wildman–Crippen LogP) is 2.00. The zero-order valence-corrected chi connectivity index (χ0v) is 11.2. The van der Waals surface area contributed by atoms with Crippen LogP contribution in [0, 0.1) is 5.92 Å². The largest absolute Gasteiger partial charge is 0.376 e. The highest BCUT2D eigenvalue weighted by atomic mass is 16.5. The molecule has 2 unspecified atom stereocenters. The van der Waals surface area contributed by atoms with Gasteiger partial charge in [-0.25, -0.2) is 0 Å². The molecule has 2 rings (SSSR count). The van der Waals surface area contributed by atoms with Crippen LogP contribution in [0.4, 0.5) is 0 Å². The van der Waals surface area contributed by atoms with Crippen molar-refractivity contribution in [3.63, 3.8) is 0 Å². The van der Waals surface area contributed by atoms with Gasteiger partial charge in [0.05, 0.1) is 12.7 Å². The van der Waals surface area contributed by atoms with Gasteiger partial charge in [0, 0.05) is 25.7 Å². The molecule has 1 aliphatic heterocycles. The Balaban J connectivity index is 1.93. The first-order valence-corrected chi connectivity index (χ1v) is 7.37. The van der Waals surface area contributed by atoms with Gasteiger partial charge in [-0.2, -0.15) is 0 Å². The summed E-state index contributed by atoms with van der Waals surface area (Å²) in [7, 11) is 0. The molecule has 1 saturated carbocycles. The van der Waals surface area contributed by atoms with Crippen LogP contribution in [-0.4, -0.2) is 43.3 Å². The topological polar surface area (TPSA) is 38.5 Å². The minimum Gasteiger partial charge on any atom is -0.376 e. The van der Waals surface area contributed by atoms with Crippen LogP contribution < -0.4 is 5.73 Å². The van der Waals surface area contributed by atoms with Gasteiger partial charge in [-0.1, -0.05) is 25.7 Å². The van der Waals surface area contributed by atoms with Crippen molar-refractivity contribution in [2.45, 2.75) is 57.6 Å². The molecule has 0 bridgehead atoms. The quantitative estimate of drug-likeness (QED) is 0.767. The average Bonchev–Trinajstić information content (AvgIpc) is 2.59. The summed E-state index contributed by atoms with van der Waals surface area (Å²) in [5.74, 6) is 0.827. The molecule has 17 heavy (non-hydrogen) atoms. The molecule has 0 aromatic heterocycles. The Hall–Kier alpha value is -0.120. The minimum atomic E-state index is 0.378. The van der Waals surface area contributed by atoms with E-state index < -0.39 is 0 Å². The highest BCUT2D eigenvalue weighted by molar-refractivity contribution is 4.84. The third-order valence-electron chi connectivity index (χ3n) is 4.43. The Labute approximate surface area is 106 Å². The number of hydrogen-bond acceptors (Lipinski definition) is 3. The lowest BCUT2D eigenvalue weighted by Crippen LogP contribution is -2.52. The van der Waals surface area contributed by atoms with Gasteiger partial charge >= 0.3 is 0 Å². The fourth-order valence-corrected chi connectivity index (χ4v) is 3.48. The summed E-state index contributed by atoms with van der Waals surface area (Å²) in [6, 6.07) is 0.597. The third-order valence-corrected chi connectivity index (χ3v) is 4.43. The van der Waals surface area contributed by atoms with Gasteiger partial charge in [-0.15, -0.1) is 0 Å². The van der Waals surface area contributed by atoms with Gasteiger partial charge < -0.3 is 10.5 Å². The summed E-state index contributed by atoms with van der Waals surface area (Å²) in [4.78, 5) is 2.59. The Morgan fingerprint density at radius 3 is 2.53 bits per heavy atom. The van der Waals surface area contributed by atoms with E-state index in [1.54, 1.807) is 0 Å². The van der Waals surface area contributed by atoms with Crippen LogP contribution in [0.3, 0.4) is 0 Å². The van der Waals surface area contributed by atoms with Crippen LogP contribution in [0.2, 0.25) is 0 Å². The highest BCUT2D eigenvalue weighted by Crippen LogP contribution is 2.28.